The third-order valence-corrected chi connectivity index (χ3v) is 3.62. The van der Waals surface area contributed by atoms with Gasteiger partial charge in [-0.3, -0.25) is 4.79 Å². The summed E-state index contributed by atoms with van der Waals surface area (Å²) in [6.45, 7) is 6.17. The number of carbonyl (C=O) groups excluding carboxylic acids is 1. The first kappa shape index (κ1) is 12.2. The standard InChI is InChI=1S/C13H20N2O2/c1-3-13(6-7-14-9-13)12(16)15-8-11-5-4-10(2)17-11/h4-5,14H,3,6-9H2,1-2H3,(H,15,16). The average Bonchev–Trinajstić information content (AvgIpc) is 2.95. The molecule has 0 radical (unpaired) electrons. The molecule has 2 heterocycles. The van der Waals surface area contributed by atoms with Gasteiger partial charge in [-0.05, 0) is 38.4 Å². The van der Waals surface area contributed by atoms with E-state index in [2.05, 4.69) is 17.6 Å². The van der Waals surface area contributed by atoms with Crippen LogP contribution < -0.4 is 10.6 Å². The summed E-state index contributed by atoms with van der Waals surface area (Å²) in [4.78, 5) is 12.2. The number of nitrogens with one attached hydrogen (secondary N) is 2. The van der Waals surface area contributed by atoms with Crippen LogP contribution in [0, 0.1) is 12.3 Å². The number of rotatable bonds is 4. The van der Waals surface area contributed by atoms with Gasteiger partial charge in [0.05, 0.1) is 12.0 Å². The molecule has 1 unspecified atom stereocenters. The molecule has 4 nitrogen and oxygen atoms in total. The highest BCUT2D eigenvalue weighted by atomic mass is 16.3. The van der Waals surface area contributed by atoms with Gasteiger partial charge in [-0.1, -0.05) is 6.92 Å². The van der Waals surface area contributed by atoms with Crippen LogP contribution >= 0.6 is 0 Å². The number of carbonyl (C=O) groups is 1. The Morgan fingerprint density at radius 2 is 2.41 bits per heavy atom. The van der Waals surface area contributed by atoms with Gasteiger partial charge in [-0.15, -0.1) is 0 Å². The molecule has 1 amide bonds. The minimum Gasteiger partial charge on any atom is -0.465 e. The Kier molecular flexibility index (Phi) is 3.52. The highest BCUT2D eigenvalue weighted by molar-refractivity contribution is 5.83. The van der Waals surface area contributed by atoms with E-state index < -0.39 is 0 Å². The van der Waals surface area contributed by atoms with Crippen molar-refractivity contribution in [2.24, 2.45) is 5.41 Å². The lowest BCUT2D eigenvalue weighted by molar-refractivity contribution is -0.130. The summed E-state index contributed by atoms with van der Waals surface area (Å²) in [6.07, 6.45) is 1.80. The zero-order valence-corrected chi connectivity index (χ0v) is 10.5. The quantitative estimate of drug-likeness (QED) is 0.834. The Morgan fingerprint density at radius 3 is 2.94 bits per heavy atom. The fourth-order valence-electron chi connectivity index (χ4n) is 2.33. The van der Waals surface area contributed by atoms with Crippen LogP contribution in [0.15, 0.2) is 16.5 Å². The van der Waals surface area contributed by atoms with E-state index in [9.17, 15) is 4.79 Å². The van der Waals surface area contributed by atoms with Gasteiger partial charge in [0.15, 0.2) is 0 Å². The summed E-state index contributed by atoms with van der Waals surface area (Å²) in [7, 11) is 0. The summed E-state index contributed by atoms with van der Waals surface area (Å²) >= 11 is 0. The lowest BCUT2D eigenvalue weighted by Gasteiger charge is -2.24. The van der Waals surface area contributed by atoms with Crippen LogP contribution in [-0.4, -0.2) is 19.0 Å². The summed E-state index contributed by atoms with van der Waals surface area (Å²) < 4.78 is 5.43. The van der Waals surface area contributed by atoms with E-state index in [-0.39, 0.29) is 11.3 Å². The Labute approximate surface area is 102 Å². The van der Waals surface area contributed by atoms with Crippen LogP contribution in [0.1, 0.15) is 31.3 Å². The van der Waals surface area contributed by atoms with Gasteiger partial charge in [0.1, 0.15) is 11.5 Å². The first-order valence-electron chi connectivity index (χ1n) is 6.21. The topological polar surface area (TPSA) is 54.3 Å². The number of hydrogen-bond donors (Lipinski definition) is 2. The van der Waals surface area contributed by atoms with Crippen LogP contribution in [0.5, 0.6) is 0 Å². The Hall–Kier alpha value is -1.29. The SMILES string of the molecule is CCC1(C(=O)NCc2ccc(C)o2)CCNC1. The smallest absolute Gasteiger partial charge is 0.227 e. The molecule has 2 rings (SSSR count). The van der Waals surface area contributed by atoms with Crippen LogP contribution in [0.3, 0.4) is 0 Å². The van der Waals surface area contributed by atoms with E-state index in [0.717, 1.165) is 37.5 Å². The molecule has 0 bridgehead atoms. The number of hydrogen-bond acceptors (Lipinski definition) is 3. The molecular formula is C13H20N2O2. The molecule has 0 aliphatic carbocycles. The number of furan rings is 1. The molecule has 1 atom stereocenters. The van der Waals surface area contributed by atoms with Gasteiger partial charge in [0.25, 0.3) is 0 Å². The van der Waals surface area contributed by atoms with Crippen molar-refractivity contribution in [2.45, 2.75) is 33.2 Å². The molecule has 0 aromatic carbocycles. The largest absolute Gasteiger partial charge is 0.465 e. The molecule has 1 aliphatic rings. The second-order valence-electron chi connectivity index (χ2n) is 4.76. The third-order valence-electron chi connectivity index (χ3n) is 3.62. The summed E-state index contributed by atoms with van der Waals surface area (Å²) in [6, 6.07) is 3.81. The number of aryl methyl sites for hydroxylation is 1. The van der Waals surface area contributed by atoms with Gasteiger partial charge in [0, 0.05) is 6.54 Å². The minimum atomic E-state index is -0.221. The van der Waals surface area contributed by atoms with E-state index in [1.165, 1.54) is 0 Å². The Bertz CT molecular complexity index is 392. The molecule has 1 aromatic heterocycles. The zero-order valence-electron chi connectivity index (χ0n) is 10.5. The lowest BCUT2D eigenvalue weighted by atomic mass is 9.83. The fourth-order valence-corrected chi connectivity index (χ4v) is 2.33. The molecule has 1 aliphatic heterocycles. The molecule has 1 aromatic rings. The monoisotopic (exact) mass is 236 g/mol. The predicted octanol–water partition coefficient (Wildman–Crippen LogP) is 1.59. The fraction of sp³-hybridized carbons (Fsp3) is 0.615. The Balaban J connectivity index is 1.92. The summed E-state index contributed by atoms with van der Waals surface area (Å²) in [5.74, 6) is 1.83. The van der Waals surface area contributed by atoms with Crippen LogP contribution in [0.25, 0.3) is 0 Å². The van der Waals surface area contributed by atoms with Crippen LogP contribution in [0.2, 0.25) is 0 Å². The highest BCUT2D eigenvalue weighted by Crippen LogP contribution is 2.29. The molecule has 1 saturated heterocycles. The maximum absolute atomic E-state index is 12.2. The molecule has 2 N–H and O–H groups in total. The van der Waals surface area contributed by atoms with E-state index >= 15 is 0 Å². The van der Waals surface area contributed by atoms with Crippen molar-refractivity contribution in [1.82, 2.24) is 10.6 Å². The molecule has 17 heavy (non-hydrogen) atoms. The first-order chi connectivity index (χ1) is 8.16. The van der Waals surface area contributed by atoms with Crippen molar-refractivity contribution < 1.29 is 9.21 Å². The average molecular weight is 236 g/mol. The van der Waals surface area contributed by atoms with Crippen molar-refractivity contribution in [3.63, 3.8) is 0 Å². The minimum absolute atomic E-state index is 0.138. The van der Waals surface area contributed by atoms with E-state index in [1.54, 1.807) is 0 Å². The maximum Gasteiger partial charge on any atom is 0.227 e. The van der Waals surface area contributed by atoms with Crippen LogP contribution in [0.4, 0.5) is 0 Å². The first-order valence-corrected chi connectivity index (χ1v) is 6.21. The summed E-state index contributed by atoms with van der Waals surface area (Å²) in [5.41, 5.74) is -0.221. The second-order valence-corrected chi connectivity index (χ2v) is 4.76. The van der Waals surface area contributed by atoms with Crippen molar-refractivity contribution in [3.05, 3.63) is 23.7 Å². The van der Waals surface area contributed by atoms with E-state index in [1.807, 2.05) is 19.1 Å². The van der Waals surface area contributed by atoms with Gasteiger partial charge in [-0.2, -0.15) is 0 Å². The zero-order chi connectivity index (χ0) is 12.3. The van der Waals surface area contributed by atoms with Crippen molar-refractivity contribution >= 4 is 5.91 Å². The predicted molar refractivity (Wildman–Crippen MR) is 65.5 cm³/mol. The van der Waals surface area contributed by atoms with Crippen molar-refractivity contribution in [2.75, 3.05) is 13.1 Å². The van der Waals surface area contributed by atoms with E-state index in [4.69, 9.17) is 4.42 Å². The van der Waals surface area contributed by atoms with Gasteiger partial charge < -0.3 is 15.1 Å². The van der Waals surface area contributed by atoms with Crippen molar-refractivity contribution in [1.29, 1.82) is 0 Å². The number of amides is 1. The molecule has 0 spiro atoms. The molecule has 4 heteroatoms. The van der Waals surface area contributed by atoms with Crippen LogP contribution in [-0.2, 0) is 11.3 Å². The normalized spacial score (nSPS) is 23.9. The van der Waals surface area contributed by atoms with Gasteiger partial charge >= 0.3 is 0 Å². The summed E-state index contributed by atoms with van der Waals surface area (Å²) in [5, 5.41) is 6.24. The Morgan fingerprint density at radius 1 is 1.59 bits per heavy atom. The van der Waals surface area contributed by atoms with Gasteiger partial charge in [0.2, 0.25) is 5.91 Å². The molecular weight excluding hydrogens is 216 g/mol. The maximum atomic E-state index is 12.2. The lowest BCUT2D eigenvalue weighted by Crippen LogP contribution is -2.41. The highest BCUT2D eigenvalue weighted by Gasteiger charge is 2.39. The van der Waals surface area contributed by atoms with Gasteiger partial charge in [-0.25, -0.2) is 0 Å². The van der Waals surface area contributed by atoms with Crippen molar-refractivity contribution in [3.8, 4) is 0 Å². The molecule has 1 fully saturated rings. The van der Waals surface area contributed by atoms with E-state index in [0.29, 0.717) is 6.54 Å². The third kappa shape index (κ3) is 2.52. The second kappa shape index (κ2) is 4.92. The molecule has 94 valence electrons. The molecule has 0 saturated carbocycles.